The summed E-state index contributed by atoms with van der Waals surface area (Å²) in [6.45, 7) is 2.59. The maximum atomic E-state index is 13.5. The van der Waals surface area contributed by atoms with Gasteiger partial charge in [0.1, 0.15) is 0 Å². The molecule has 0 radical (unpaired) electrons. The van der Waals surface area contributed by atoms with E-state index in [1.165, 1.54) is 12.8 Å². The van der Waals surface area contributed by atoms with Gasteiger partial charge in [-0.3, -0.25) is 9.59 Å². The van der Waals surface area contributed by atoms with Crippen LogP contribution in [0.2, 0.25) is 5.02 Å². The van der Waals surface area contributed by atoms with Gasteiger partial charge in [0.2, 0.25) is 11.8 Å². The molecule has 3 unspecified atom stereocenters. The summed E-state index contributed by atoms with van der Waals surface area (Å²) in [4.78, 5) is 28.2. The van der Waals surface area contributed by atoms with E-state index in [1.54, 1.807) is 0 Å². The number of hydrogen-bond acceptors (Lipinski definition) is 4. The van der Waals surface area contributed by atoms with E-state index in [4.69, 9.17) is 11.6 Å². The maximum Gasteiger partial charge on any atom is 0.227 e. The molecule has 0 spiro atoms. The summed E-state index contributed by atoms with van der Waals surface area (Å²) in [6.07, 6.45) is 8.29. The number of rotatable bonds is 5. The van der Waals surface area contributed by atoms with Crippen LogP contribution >= 0.6 is 11.6 Å². The number of carbonyl (C=O) groups is 2. The molecule has 1 aromatic carbocycles. The van der Waals surface area contributed by atoms with Crippen molar-refractivity contribution in [2.24, 2.45) is 29.6 Å². The summed E-state index contributed by atoms with van der Waals surface area (Å²) in [5.41, 5.74) is 1.23. The van der Waals surface area contributed by atoms with Gasteiger partial charge in [-0.05, 0) is 106 Å². The molecule has 0 aromatic heterocycles. The minimum Gasteiger partial charge on any atom is -0.390 e. The lowest BCUT2D eigenvalue weighted by Crippen LogP contribution is -2.62. The molecule has 2 aliphatic heterocycles. The van der Waals surface area contributed by atoms with Crippen LogP contribution in [-0.2, 0) is 16.0 Å². The molecule has 184 valence electrons. The third kappa shape index (κ3) is 4.16. The Hall–Kier alpha value is -1.63. The Kier molecular flexibility index (Phi) is 5.90. The first-order valence-electron chi connectivity index (χ1n) is 13.2. The summed E-state index contributed by atoms with van der Waals surface area (Å²) in [5.74, 6) is 1.92. The zero-order valence-corrected chi connectivity index (χ0v) is 20.5. The number of aliphatic hydroxyl groups is 1. The van der Waals surface area contributed by atoms with Gasteiger partial charge in [-0.25, -0.2) is 0 Å². The van der Waals surface area contributed by atoms with Crippen molar-refractivity contribution in [1.82, 2.24) is 10.2 Å². The third-order valence-corrected chi connectivity index (χ3v) is 9.75. The maximum absolute atomic E-state index is 13.5. The van der Waals surface area contributed by atoms with Crippen LogP contribution in [0, 0.1) is 29.6 Å². The van der Waals surface area contributed by atoms with E-state index < -0.39 is 5.60 Å². The van der Waals surface area contributed by atoms with Crippen molar-refractivity contribution < 1.29 is 14.7 Å². The second-order valence-electron chi connectivity index (χ2n) is 11.7. The predicted octanol–water partition coefficient (Wildman–Crippen LogP) is 3.61. The van der Waals surface area contributed by atoms with Crippen LogP contribution in [0.25, 0.3) is 0 Å². The Bertz CT molecular complexity index is 962. The molecule has 2 heterocycles. The molecule has 2 saturated heterocycles. The molecule has 7 rings (SSSR count). The lowest BCUT2D eigenvalue weighted by atomic mass is 9.52. The molecule has 6 fully saturated rings. The topological polar surface area (TPSA) is 81.7 Å². The zero-order chi connectivity index (χ0) is 23.4. The molecule has 3 atom stereocenters. The fourth-order valence-corrected chi connectivity index (χ4v) is 8.35. The predicted molar refractivity (Wildman–Crippen MR) is 131 cm³/mol. The summed E-state index contributed by atoms with van der Waals surface area (Å²) in [5, 5.41) is 17.8. The van der Waals surface area contributed by atoms with Crippen LogP contribution in [0.5, 0.6) is 0 Å². The van der Waals surface area contributed by atoms with E-state index >= 15 is 0 Å². The molecule has 4 bridgehead atoms. The average molecular weight is 486 g/mol. The second-order valence-corrected chi connectivity index (χ2v) is 12.1. The largest absolute Gasteiger partial charge is 0.390 e. The second kappa shape index (κ2) is 8.79. The Labute approximate surface area is 206 Å². The number of nitrogens with one attached hydrogen (secondary N) is 2. The van der Waals surface area contributed by atoms with Crippen LogP contribution in [0.3, 0.4) is 0 Å². The highest BCUT2D eigenvalue weighted by Gasteiger charge is 2.57. The molecule has 2 amide bonds. The standard InChI is InChI=1S/C27H36ClN3O3/c28-23-12-22(30-25(32)17-3-6-29-7-4-17)2-1-18(23)11-19-5-8-31(26(19)33)24-20-9-16-10-21(24)15-27(34,13-16)14-20/h1-2,12,16-17,19-21,24,29,34H,3-11,13-15H2,(H,30,32). The molecule has 6 aliphatic rings. The van der Waals surface area contributed by atoms with E-state index in [-0.39, 0.29) is 23.7 Å². The van der Waals surface area contributed by atoms with E-state index in [1.807, 2.05) is 18.2 Å². The molecule has 1 aromatic rings. The number of benzene rings is 1. The molecule has 4 saturated carbocycles. The Morgan fingerprint density at radius 2 is 1.88 bits per heavy atom. The summed E-state index contributed by atoms with van der Waals surface area (Å²) in [6, 6.07) is 6.02. The van der Waals surface area contributed by atoms with Crippen molar-refractivity contribution in [2.75, 3.05) is 25.0 Å². The lowest BCUT2D eigenvalue weighted by molar-refractivity contribution is -0.168. The Balaban J connectivity index is 1.09. The zero-order valence-electron chi connectivity index (χ0n) is 19.8. The highest BCUT2D eigenvalue weighted by molar-refractivity contribution is 6.31. The number of nitrogens with zero attached hydrogens (tertiary/aromatic N) is 1. The first-order valence-corrected chi connectivity index (χ1v) is 13.6. The van der Waals surface area contributed by atoms with Crippen molar-refractivity contribution in [3.05, 3.63) is 28.8 Å². The van der Waals surface area contributed by atoms with E-state index in [0.717, 1.165) is 69.4 Å². The van der Waals surface area contributed by atoms with Crippen LogP contribution < -0.4 is 10.6 Å². The lowest BCUT2D eigenvalue weighted by Gasteiger charge is -2.59. The fourth-order valence-electron chi connectivity index (χ4n) is 8.10. The molecular weight excluding hydrogens is 450 g/mol. The van der Waals surface area contributed by atoms with Crippen molar-refractivity contribution >= 4 is 29.1 Å². The third-order valence-electron chi connectivity index (χ3n) is 9.40. The first-order chi connectivity index (χ1) is 16.4. The monoisotopic (exact) mass is 485 g/mol. The van der Waals surface area contributed by atoms with Gasteiger partial charge in [-0.15, -0.1) is 0 Å². The summed E-state index contributed by atoms with van der Waals surface area (Å²) in [7, 11) is 0. The Morgan fingerprint density at radius 3 is 2.56 bits per heavy atom. The molecule has 6 nitrogen and oxygen atoms in total. The van der Waals surface area contributed by atoms with E-state index in [2.05, 4.69) is 15.5 Å². The number of piperidine rings is 1. The summed E-state index contributed by atoms with van der Waals surface area (Å²) >= 11 is 6.61. The first kappa shape index (κ1) is 22.8. The smallest absolute Gasteiger partial charge is 0.227 e. The van der Waals surface area contributed by atoms with Gasteiger partial charge in [0.05, 0.1) is 5.60 Å². The van der Waals surface area contributed by atoms with Gasteiger partial charge in [-0.2, -0.15) is 0 Å². The number of anilines is 1. The fraction of sp³-hybridized carbons (Fsp3) is 0.704. The number of hydrogen-bond donors (Lipinski definition) is 3. The molecule has 3 N–H and O–H groups in total. The normalized spacial score (nSPS) is 37.4. The van der Waals surface area contributed by atoms with Gasteiger partial charge in [-0.1, -0.05) is 17.7 Å². The van der Waals surface area contributed by atoms with Gasteiger partial charge < -0.3 is 20.6 Å². The van der Waals surface area contributed by atoms with Crippen LogP contribution in [0.1, 0.15) is 56.9 Å². The van der Waals surface area contributed by atoms with E-state index in [0.29, 0.717) is 35.2 Å². The minimum atomic E-state index is -0.465. The van der Waals surface area contributed by atoms with Crippen LogP contribution in [-0.4, -0.2) is 53.1 Å². The highest BCUT2D eigenvalue weighted by atomic mass is 35.5. The molecule has 4 aliphatic carbocycles. The molecule has 7 heteroatoms. The summed E-state index contributed by atoms with van der Waals surface area (Å²) < 4.78 is 0. The van der Waals surface area contributed by atoms with Crippen molar-refractivity contribution in [2.45, 2.75) is 69.4 Å². The quantitative estimate of drug-likeness (QED) is 0.595. The van der Waals surface area contributed by atoms with Crippen LogP contribution in [0.4, 0.5) is 5.69 Å². The minimum absolute atomic E-state index is 0.0343. The van der Waals surface area contributed by atoms with Gasteiger partial charge in [0, 0.05) is 35.1 Å². The van der Waals surface area contributed by atoms with Crippen molar-refractivity contribution in [3.63, 3.8) is 0 Å². The van der Waals surface area contributed by atoms with Crippen molar-refractivity contribution in [1.29, 1.82) is 0 Å². The van der Waals surface area contributed by atoms with Crippen LogP contribution in [0.15, 0.2) is 18.2 Å². The van der Waals surface area contributed by atoms with E-state index in [9.17, 15) is 14.7 Å². The number of carbonyl (C=O) groups excluding carboxylic acids is 2. The van der Waals surface area contributed by atoms with Gasteiger partial charge >= 0.3 is 0 Å². The molecule has 34 heavy (non-hydrogen) atoms. The van der Waals surface area contributed by atoms with Gasteiger partial charge in [0.25, 0.3) is 0 Å². The number of likely N-dealkylation sites (tertiary alicyclic amines) is 1. The average Bonchev–Trinajstić information content (AvgIpc) is 3.14. The highest BCUT2D eigenvalue weighted by Crippen LogP contribution is 2.57. The Morgan fingerprint density at radius 1 is 1.15 bits per heavy atom. The molecular formula is C27H36ClN3O3. The van der Waals surface area contributed by atoms with Crippen molar-refractivity contribution in [3.8, 4) is 0 Å². The SMILES string of the molecule is O=C(Nc1ccc(CC2CCN(C3C4CC5CC3CC(O)(C5)C4)C2=O)c(Cl)c1)C1CCNCC1. The number of halogens is 1. The van der Waals surface area contributed by atoms with Gasteiger partial charge in [0.15, 0.2) is 0 Å². The number of amides is 2.